The maximum Gasteiger partial charge on any atom is 0.303 e. The van der Waals surface area contributed by atoms with Gasteiger partial charge in [0.15, 0.2) is 12.4 Å². The van der Waals surface area contributed by atoms with E-state index in [4.69, 9.17) is 23.7 Å². The number of hydrogen-bond acceptors (Lipinski definition) is 11. The monoisotopic (exact) mass is 775 g/mol. The molecule has 0 aromatic heterocycles. The quantitative estimate of drug-likeness (QED) is 0.348. The van der Waals surface area contributed by atoms with Crippen molar-refractivity contribution >= 4 is 17.8 Å². The van der Waals surface area contributed by atoms with E-state index in [1.165, 1.54) is 6.92 Å². The number of nitrogens with one attached hydrogen (secondary N) is 1. The molecule has 14 atom stereocenters. The van der Waals surface area contributed by atoms with Crippen LogP contribution in [0.4, 0.5) is 0 Å². The Bertz CT molecular complexity index is 1460. The highest BCUT2D eigenvalue weighted by atomic mass is 16.7. The van der Waals surface area contributed by atoms with Gasteiger partial charge in [0.2, 0.25) is 11.8 Å². The first kappa shape index (κ1) is 45.1. The van der Waals surface area contributed by atoms with Crippen molar-refractivity contribution < 1.29 is 48.3 Å². The summed E-state index contributed by atoms with van der Waals surface area (Å²) in [6, 6.07) is 7.51. The number of ether oxygens (including phenoxy) is 5. The Morgan fingerprint density at radius 2 is 1.75 bits per heavy atom. The van der Waals surface area contributed by atoms with Gasteiger partial charge in [-0.2, -0.15) is 0 Å². The molecule has 13 nitrogen and oxygen atoms in total. The lowest BCUT2D eigenvalue weighted by Gasteiger charge is -2.49. The number of nitrogens with zero attached hydrogens (tertiary/aromatic N) is 2. The molecule has 1 aromatic carbocycles. The van der Waals surface area contributed by atoms with Gasteiger partial charge < -0.3 is 49.0 Å². The minimum Gasteiger partial charge on any atom is -0.457 e. The fraction of sp³-hybridized carbons (Fsp3) is 0.786. The molecular weight excluding hydrogens is 706 g/mol. The highest BCUT2D eigenvalue weighted by Crippen LogP contribution is 2.43. The van der Waals surface area contributed by atoms with Crippen LogP contribution in [-0.4, -0.2) is 133 Å². The maximum atomic E-state index is 14.2. The van der Waals surface area contributed by atoms with Gasteiger partial charge in [-0.25, -0.2) is 0 Å². The summed E-state index contributed by atoms with van der Waals surface area (Å²) in [4.78, 5) is 43.4. The normalized spacial score (nSPS) is 40.0. The minimum absolute atomic E-state index is 0.0350. The summed E-state index contributed by atoms with van der Waals surface area (Å²) < 4.78 is 31.3. The van der Waals surface area contributed by atoms with Crippen molar-refractivity contribution in [1.29, 1.82) is 0 Å². The van der Waals surface area contributed by atoms with Crippen molar-refractivity contribution in [2.45, 2.75) is 154 Å². The van der Waals surface area contributed by atoms with Gasteiger partial charge in [0.25, 0.3) is 0 Å². The number of carbonyl (C=O) groups excluding carboxylic acids is 3. The minimum atomic E-state index is -1.35. The van der Waals surface area contributed by atoms with Crippen LogP contribution in [0.3, 0.4) is 0 Å². The van der Waals surface area contributed by atoms with E-state index >= 15 is 0 Å². The van der Waals surface area contributed by atoms with Gasteiger partial charge in [-0.1, -0.05) is 45.0 Å². The van der Waals surface area contributed by atoms with Gasteiger partial charge in [0, 0.05) is 46.6 Å². The number of methoxy groups -OCH3 is 1. The van der Waals surface area contributed by atoms with Crippen LogP contribution in [0.25, 0.3) is 0 Å². The first-order valence-electron chi connectivity index (χ1n) is 20.0. The molecule has 1 aromatic rings. The van der Waals surface area contributed by atoms with Crippen molar-refractivity contribution in [3.05, 3.63) is 35.4 Å². The Morgan fingerprint density at radius 3 is 2.38 bits per heavy atom. The van der Waals surface area contributed by atoms with Crippen LogP contribution in [0, 0.1) is 23.7 Å². The molecule has 13 heteroatoms. The van der Waals surface area contributed by atoms with Crippen molar-refractivity contribution in [3.8, 4) is 0 Å². The summed E-state index contributed by atoms with van der Waals surface area (Å²) >= 11 is 0. The van der Waals surface area contributed by atoms with E-state index in [1.54, 1.807) is 32.9 Å². The van der Waals surface area contributed by atoms with E-state index in [1.807, 2.05) is 77.9 Å². The number of carbonyl (C=O) groups is 3. The van der Waals surface area contributed by atoms with E-state index < -0.39 is 71.7 Å². The Labute approximate surface area is 328 Å². The first-order chi connectivity index (χ1) is 25.6. The summed E-state index contributed by atoms with van der Waals surface area (Å²) in [7, 11) is 7.24. The lowest BCUT2D eigenvalue weighted by atomic mass is 9.68. The molecule has 3 heterocycles. The second kappa shape index (κ2) is 18.7. The second-order valence-electron chi connectivity index (χ2n) is 17.5. The molecule has 55 heavy (non-hydrogen) atoms. The third kappa shape index (κ3) is 11.3. The van der Waals surface area contributed by atoms with Crippen LogP contribution in [0.1, 0.15) is 92.2 Å². The molecule has 0 unspecified atom stereocenters. The molecule has 2 saturated heterocycles. The molecule has 3 aliphatic rings. The van der Waals surface area contributed by atoms with Crippen LogP contribution in [0.5, 0.6) is 0 Å². The maximum absolute atomic E-state index is 14.2. The lowest BCUT2D eigenvalue weighted by Crippen LogP contribution is -2.59. The molecule has 3 aliphatic heterocycles. The Hall–Kier alpha value is -2.65. The van der Waals surface area contributed by atoms with Gasteiger partial charge in [-0.15, -0.1) is 0 Å². The van der Waals surface area contributed by atoms with Gasteiger partial charge in [0.1, 0.15) is 5.60 Å². The molecule has 2 bridgehead atoms. The zero-order valence-corrected chi connectivity index (χ0v) is 35.2. The fourth-order valence-corrected chi connectivity index (χ4v) is 9.39. The predicted molar refractivity (Wildman–Crippen MR) is 208 cm³/mol. The molecule has 0 saturated carbocycles. The first-order valence-corrected chi connectivity index (χ1v) is 20.0. The highest BCUT2D eigenvalue weighted by molar-refractivity contribution is 5.79. The number of amides is 2. The third-order valence-corrected chi connectivity index (χ3v) is 12.4. The third-order valence-electron chi connectivity index (χ3n) is 12.4. The molecule has 2 fully saturated rings. The van der Waals surface area contributed by atoms with Gasteiger partial charge >= 0.3 is 5.97 Å². The molecule has 2 amide bonds. The summed E-state index contributed by atoms with van der Waals surface area (Å²) in [6.07, 6.45) is -2.76. The summed E-state index contributed by atoms with van der Waals surface area (Å²) in [5.74, 6) is -2.58. The van der Waals surface area contributed by atoms with Crippen molar-refractivity contribution in [2.75, 3.05) is 34.8 Å². The predicted octanol–water partition coefficient (Wildman–Crippen LogP) is 3.70. The Kier molecular flexibility index (Phi) is 15.4. The molecule has 0 aliphatic carbocycles. The zero-order valence-electron chi connectivity index (χ0n) is 35.2. The number of likely N-dealkylation sites (N-methyl/N-ethyl adjacent to an activating group) is 2. The van der Waals surface area contributed by atoms with Crippen LogP contribution < -0.4 is 5.32 Å². The number of hydrogen-bond donors (Lipinski definition) is 3. The highest BCUT2D eigenvalue weighted by Gasteiger charge is 2.52. The smallest absolute Gasteiger partial charge is 0.303 e. The van der Waals surface area contributed by atoms with Crippen LogP contribution in [-0.2, 0) is 51.0 Å². The van der Waals surface area contributed by atoms with E-state index in [9.17, 15) is 24.6 Å². The Balaban J connectivity index is 1.78. The number of aliphatic hydroxyl groups excluding tert-OH is 1. The number of aliphatic hydroxyl groups is 2. The average Bonchev–Trinajstić information content (AvgIpc) is 3.09. The number of esters is 1. The fourth-order valence-electron chi connectivity index (χ4n) is 9.39. The van der Waals surface area contributed by atoms with E-state index in [0.717, 1.165) is 11.1 Å². The van der Waals surface area contributed by atoms with E-state index in [2.05, 4.69) is 5.32 Å². The number of rotatable bonds is 7. The van der Waals surface area contributed by atoms with Crippen LogP contribution >= 0.6 is 0 Å². The van der Waals surface area contributed by atoms with Crippen molar-refractivity contribution in [1.82, 2.24) is 15.1 Å². The number of fused-ring (bicyclic) bond motifs is 2. The Morgan fingerprint density at radius 1 is 1.07 bits per heavy atom. The topological polar surface area (TPSA) is 156 Å². The molecule has 4 rings (SSSR count). The number of benzene rings is 1. The largest absolute Gasteiger partial charge is 0.457 e. The lowest BCUT2D eigenvalue weighted by molar-refractivity contribution is -0.300. The summed E-state index contributed by atoms with van der Waals surface area (Å²) in [5, 5.41) is 27.5. The van der Waals surface area contributed by atoms with Crippen molar-refractivity contribution in [3.63, 3.8) is 0 Å². The van der Waals surface area contributed by atoms with E-state index in [-0.39, 0.29) is 55.7 Å². The van der Waals surface area contributed by atoms with Gasteiger partial charge in [-0.3, -0.25) is 14.4 Å². The van der Waals surface area contributed by atoms with Crippen LogP contribution in [0.15, 0.2) is 24.3 Å². The average molecular weight is 776 g/mol. The van der Waals surface area contributed by atoms with Crippen LogP contribution in [0.2, 0.25) is 0 Å². The van der Waals surface area contributed by atoms with Gasteiger partial charge in [0.05, 0.1) is 48.5 Å². The molecule has 3 N–H and O–H groups in total. The molecular formula is C42H69N3O10. The van der Waals surface area contributed by atoms with Crippen molar-refractivity contribution in [2.24, 2.45) is 23.7 Å². The zero-order chi connectivity index (χ0) is 41.0. The standard InChI is InChI=1S/C42H69N3O10/c1-24-20-41(7,50)32(19-34-37(48)33(44(9)10)16-25(2)52-34)26(3)38(55-36-21-42(8,51-12)39(28(5)53-36)54-29(6)46)27(4)40(49)43-22-31-15-13-14-30(17-31)18-35(47)45(11)23-24/h13-15,17,24-28,32-34,36-39,48,50H,16,18-23H2,1-12H3,(H,43,49)/t24-,25-,26-,27-,28+,32-,33+,34+,36+,37-,38+,39+,41-,42-/m1/s1. The van der Waals surface area contributed by atoms with E-state index in [0.29, 0.717) is 19.4 Å². The molecule has 0 spiro atoms. The molecule has 312 valence electrons. The second-order valence-corrected chi connectivity index (χ2v) is 17.5. The summed E-state index contributed by atoms with van der Waals surface area (Å²) in [6.45, 7) is 15.3. The SMILES string of the molecule is CO[C@]1(C)C[C@H](O[C@H]2[C@H](C)[C@@H](C[C@@H]3O[C@H](C)C[C@H](N(C)C)[C@H]3O)[C@](C)(O)C[C@@H](C)CN(C)C(=O)Cc3cccc(c3)CNC(=O)[C@@H]2C)O[C@@H](C)[C@@H]1OC(C)=O. The summed E-state index contributed by atoms with van der Waals surface area (Å²) in [5.41, 5.74) is -0.585. The van der Waals surface area contributed by atoms with Gasteiger partial charge in [-0.05, 0) is 89.9 Å². The molecule has 0 radical (unpaired) electrons.